The fourth-order valence-corrected chi connectivity index (χ4v) is 3.63. The van der Waals surface area contributed by atoms with Crippen LogP contribution < -0.4 is 15.8 Å². The molecule has 33 heavy (non-hydrogen) atoms. The van der Waals surface area contributed by atoms with Crippen LogP contribution in [-0.2, 0) is 27.2 Å². The molecule has 2 aromatic rings. The summed E-state index contributed by atoms with van der Waals surface area (Å²) in [5, 5.41) is 12.7. The number of rotatable bonds is 14. The molecule has 0 fully saturated rings. The molecule has 0 spiro atoms. The third-order valence-corrected chi connectivity index (χ3v) is 5.21. The third-order valence-electron chi connectivity index (χ3n) is 5.21. The van der Waals surface area contributed by atoms with Crippen LogP contribution in [0, 0.1) is 0 Å². The number of hydrogen-bond acceptors (Lipinski definition) is 8. The number of methoxy groups -OCH3 is 1. The lowest BCUT2D eigenvalue weighted by Crippen LogP contribution is -2.25. The van der Waals surface area contributed by atoms with Crippen LogP contribution in [0.15, 0.2) is 24.3 Å². The van der Waals surface area contributed by atoms with Gasteiger partial charge in [0.1, 0.15) is 11.6 Å². The van der Waals surface area contributed by atoms with Gasteiger partial charge in [0.2, 0.25) is 5.95 Å². The average Bonchev–Trinajstić information content (AvgIpc) is 2.78. The summed E-state index contributed by atoms with van der Waals surface area (Å²) in [5.41, 5.74) is 8.29. The van der Waals surface area contributed by atoms with Gasteiger partial charge in [-0.25, -0.2) is 4.98 Å². The molecule has 180 valence electrons. The molecule has 0 unspecified atom stereocenters. The fraction of sp³-hybridized carbons (Fsp3) is 0.500. The summed E-state index contributed by atoms with van der Waals surface area (Å²) in [5.74, 6) is 0.0441. The Labute approximate surface area is 194 Å². The van der Waals surface area contributed by atoms with Gasteiger partial charge in [-0.2, -0.15) is 4.98 Å². The number of anilines is 2. The van der Waals surface area contributed by atoms with E-state index in [-0.39, 0.29) is 30.8 Å². The van der Waals surface area contributed by atoms with Crippen LogP contribution in [0.1, 0.15) is 62.8 Å². The van der Waals surface area contributed by atoms with Crippen molar-refractivity contribution in [2.45, 2.75) is 64.8 Å². The van der Waals surface area contributed by atoms with Crippen LogP contribution in [0.4, 0.5) is 11.8 Å². The maximum atomic E-state index is 12.0. The van der Waals surface area contributed by atoms with Crippen molar-refractivity contribution in [3.63, 3.8) is 0 Å². The summed E-state index contributed by atoms with van der Waals surface area (Å²) >= 11 is 0. The van der Waals surface area contributed by atoms with E-state index in [2.05, 4.69) is 22.2 Å². The number of nitrogens with two attached hydrogens (primary N) is 1. The summed E-state index contributed by atoms with van der Waals surface area (Å²) in [6.07, 6.45) is 3.36. The van der Waals surface area contributed by atoms with Crippen molar-refractivity contribution in [2.24, 2.45) is 0 Å². The number of carbonyl (C=O) groups excluding carboxylic acids is 1. The van der Waals surface area contributed by atoms with Crippen LogP contribution in [0.5, 0.6) is 5.75 Å². The Hall–Kier alpha value is -3.36. The number of carbonyl (C=O) groups is 2. The molecular formula is C24H34N4O5. The molecule has 0 bridgehead atoms. The minimum atomic E-state index is -0.889. The average molecular weight is 459 g/mol. The largest absolute Gasteiger partial charge is 0.496 e. The van der Waals surface area contributed by atoms with Crippen LogP contribution in [0.3, 0.4) is 0 Å². The normalized spacial score (nSPS) is 11.6. The van der Waals surface area contributed by atoms with Crippen molar-refractivity contribution in [2.75, 3.05) is 24.8 Å². The molecule has 9 nitrogen and oxygen atoms in total. The Morgan fingerprint density at radius 2 is 1.97 bits per heavy atom. The number of hydrogen-bond donors (Lipinski definition) is 3. The summed E-state index contributed by atoms with van der Waals surface area (Å²) in [6.45, 7) is 4.12. The molecule has 1 heterocycles. The number of carboxylic acid groups (broad SMARTS) is 1. The molecule has 2 rings (SSSR count). The number of aromatic nitrogens is 2. The van der Waals surface area contributed by atoms with Gasteiger partial charge in [-0.05, 0) is 25.0 Å². The van der Waals surface area contributed by atoms with Gasteiger partial charge in [-0.15, -0.1) is 0 Å². The number of nitrogens with zero attached hydrogens (tertiary/aromatic N) is 2. The second kappa shape index (κ2) is 13.2. The molecule has 0 amide bonds. The lowest BCUT2D eigenvalue weighted by Gasteiger charge is -2.22. The van der Waals surface area contributed by atoms with Crippen molar-refractivity contribution < 1.29 is 24.2 Å². The monoisotopic (exact) mass is 458 g/mol. The molecule has 1 atom stereocenters. The first-order valence-electron chi connectivity index (χ1n) is 11.3. The minimum absolute atomic E-state index is 0.0455. The number of benzene rings is 1. The lowest BCUT2D eigenvalue weighted by molar-refractivity contribution is -0.143. The third kappa shape index (κ3) is 8.25. The molecule has 0 aliphatic heterocycles. The highest BCUT2D eigenvalue weighted by molar-refractivity contribution is 5.70. The highest BCUT2D eigenvalue weighted by Gasteiger charge is 2.21. The summed E-state index contributed by atoms with van der Waals surface area (Å²) in [7, 11) is 1.60. The Bertz CT molecular complexity index is 935. The second-order valence-corrected chi connectivity index (χ2v) is 7.73. The van der Waals surface area contributed by atoms with Gasteiger partial charge in [0.05, 0.1) is 32.3 Å². The molecule has 1 aromatic heterocycles. The van der Waals surface area contributed by atoms with E-state index < -0.39 is 5.97 Å². The number of carboxylic acids is 1. The maximum absolute atomic E-state index is 12.0. The fourth-order valence-electron chi connectivity index (χ4n) is 3.63. The number of ether oxygens (including phenoxy) is 2. The number of aliphatic carboxylic acids is 1. The minimum Gasteiger partial charge on any atom is -0.496 e. The first kappa shape index (κ1) is 25.9. The van der Waals surface area contributed by atoms with Gasteiger partial charge in [0.15, 0.2) is 0 Å². The van der Waals surface area contributed by atoms with Crippen molar-refractivity contribution >= 4 is 23.7 Å². The molecule has 1 aromatic carbocycles. The van der Waals surface area contributed by atoms with E-state index in [9.17, 15) is 14.7 Å². The molecule has 9 heteroatoms. The van der Waals surface area contributed by atoms with E-state index in [1.54, 1.807) is 14.0 Å². The van der Waals surface area contributed by atoms with E-state index >= 15 is 0 Å². The Morgan fingerprint density at radius 1 is 1.21 bits per heavy atom. The molecule has 4 N–H and O–H groups in total. The lowest BCUT2D eigenvalue weighted by atomic mass is 9.99. The van der Waals surface area contributed by atoms with E-state index in [1.165, 1.54) is 0 Å². The number of unbranched alkanes of at least 4 members (excludes halogenated alkanes) is 1. The molecule has 0 radical (unpaired) electrons. The van der Waals surface area contributed by atoms with Crippen LogP contribution in [0.2, 0.25) is 0 Å². The zero-order chi connectivity index (χ0) is 24.2. The summed E-state index contributed by atoms with van der Waals surface area (Å²) < 4.78 is 10.6. The molecule has 0 saturated carbocycles. The standard InChI is InChI=1S/C24H34N4O5/c1-4-6-10-17(15-21(29)30)26-23-18(14-16-9-7-8-11-20(16)32-3)19(27-24(25)28-23)12-13-22(31)33-5-2/h7-9,11,17H,4-6,10,12-15H2,1-3H3,(H,29,30)(H3,25,26,27,28)/t17-/m0/s1. The zero-order valence-electron chi connectivity index (χ0n) is 19.6. The van der Waals surface area contributed by atoms with Crippen LogP contribution >= 0.6 is 0 Å². The van der Waals surface area contributed by atoms with Crippen LogP contribution in [-0.4, -0.2) is 46.8 Å². The van der Waals surface area contributed by atoms with Gasteiger partial charge < -0.3 is 25.6 Å². The van der Waals surface area contributed by atoms with Crippen molar-refractivity contribution in [1.29, 1.82) is 0 Å². The molecular weight excluding hydrogens is 424 g/mol. The van der Waals surface area contributed by atoms with E-state index in [0.717, 1.165) is 24.0 Å². The summed E-state index contributed by atoms with van der Waals surface area (Å²) in [6, 6.07) is 7.30. The van der Waals surface area contributed by atoms with Gasteiger partial charge >= 0.3 is 11.9 Å². The van der Waals surface area contributed by atoms with Gasteiger partial charge in [0, 0.05) is 24.4 Å². The smallest absolute Gasteiger partial charge is 0.306 e. The molecule has 0 aliphatic rings. The van der Waals surface area contributed by atoms with E-state index in [0.29, 0.717) is 43.1 Å². The zero-order valence-corrected chi connectivity index (χ0v) is 19.6. The van der Waals surface area contributed by atoms with Crippen LogP contribution in [0.25, 0.3) is 0 Å². The first-order valence-corrected chi connectivity index (χ1v) is 11.3. The number of nitrogen functional groups attached to an aromatic ring is 1. The highest BCUT2D eigenvalue weighted by atomic mass is 16.5. The Morgan fingerprint density at radius 3 is 2.64 bits per heavy atom. The number of nitrogens with one attached hydrogen (secondary N) is 1. The van der Waals surface area contributed by atoms with Gasteiger partial charge in [-0.3, -0.25) is 9.59 Å². The van der Waals surface area contributed by atoms with Gasteiger partial charge in [-0.1, -0.05) is 38.0 Å². The number of para-hydroxylation sites is 1. The summed E-state index contributed by atoms with van der Waals surface area (Å²) in [4.78, 5) is 32.2. The van der Waals surface area contributed by atoms with Crippen molar-refractivity contribution in [1.82, 2.24) is 9.97 Å². The van der Waals surface area contributed by atoms with Crippen molar-refractivity contribution in [3.05, 3.63) is 41.1 Å². The second-order valence-electron chi connectivity index (χ2n) is 7.73. The number of esters is 1. The number of aryl methyl sites for hydroxylation is 1. The van der Waals surface area contributed by atoms with Crippen molar-refractivity contribution in [3.8, 4) is 5.75 Å². The van der Waals surface area contributed by atoms with Gasteiger partial charge in [0.25, 0.3) is 0 Å². The Balaban J connectivity index is 2.46. The first-order chi connectivity index (χ1) is 15.9. The highest BCUT2D eigenvalue weighted by Crippen LogP contribution is 2.28. The molecule has 0 saturated heterocycles. The quantitative estimate of drug-likeness (QED) is 0.363. The Kier molecular flexibility index (Phi) is 10.4. The molecule has 0 aliphatic carbocycles. The SMILES string of the molecule is CCCC[C@@H](CC(=O)O)Nc1nc(N)nc(CCC(=O)OCC)c1Cc1ccccc1OC. The predicted octanol–water partition coefficient (Wildman–Crippen LogP) is 3.60. The predicted molar refractivity (Wildman–Crippen MR) is 126 cm³/mol. The topological polar surface area (TPSA) is 137 Å². The maximum Gasteiger partial charge on any atom is 0.306 e. The van der Waals surface area contributed by atoms with E-state index in [1.807, 2.05) is 24.3 Å². The van der Waals surface area contributed by atoms with E-state index in [4.69, 9.17) is 15.2 Å².